The van der Waals surface area contributed by atoms with Crippen LogP contribution >= 0.6 is 27.7 Å². The molecule has 0 bridgehead atoms. The van der Waals surface area contributed by atoms with Crippen LogP contribution in [0.4, 0.5) is 0 Å². The van der Waals surface area contributed by atoms with Crippen LogP contribution in [0.15, 0.2) is 56.7 Å². The van der Waals surface area contributed by atoms with Crippen molar-refractivity contribution in [1.29, 1.82) is 5.26 Å². The first-order chi connectivity index (χ1) is 9.63. The number of hydrogen-bond acceptors (Lipinski definition) is 4. The number of hydrogen-bond donors (Lipinski definition) is 0. The molecule has 0 fully saturated rings. The molecule has 0 N–H and O–H groups in total. The van der Waals surface area contributed by atoms with Crippen molar-refractivity contribution in [2.75, 3.05) is 7.11 Å². The largest absolute Gasteiger partial charge is 0.465 e. The Morgan fingerprint density at radius 1 is 1.25 bits per heavy atom. The van der Waals surface area contributed by atoms with Gasteiger partial charge in [0, 0.05) is 14.3 Å². The topological polar surface area (TPSA) is 50.1 Å². The van der Waals surface area contributed by atoms with E-state index in [0.717, 1.165) is 14.3 Å². The molecule has 0 saturated carbocycles. The van der Waals surface area contributed by atoms with E-state index in [0.29, 0.717) is 11.1 Å². The minimum Gasteiger partial charge on any atom is -0.465 e. The third-order valence-corrected chi connectivity index (χ3v) is 4.18. The fourth-order valence-corrected chi connectivity index (χ4v) is 2.72. The van der Waals surface area contributed by atoms with Gasteiger partial charge in [0.2, 0.25) is 0 Å². The Morgan fingerprint density at radius 3 is 2.55 bits per heavy atom. The lowest BCUT2D eigenvalue weighted by molar-refractivity contribution is 0.0600. The molecule has 3 nitrogen and oxygen atoms in total. The van der Waals surface area contributed by atoms with E-state index < -0.39 is 5.97 Å². The number of rotatable bonds is 3. The van der Waals surface area contributed by atoms with Crippen molar-refractivity contribution in [3.63, 3.8) is 0 Å². The van der Waals surface area contributed by atoms with Crippen LogP contribution in [0.5, 0.6) is 0 Å². The molecule has 0 amide bonds. The van der Waals surface area contributed by atoms with Crippen molar-refractivity contribution >= 4 is 33.7 Å². The number of halogens is 1. The first kappa shape index (κ1) is 14.6. The minimum atomic E-state index is -0.443. The van der Waals surface area contributed by atoms with Gasteiger partial charge in [0.05, 0.1) is 18.2 Å². The molecule has 0 atom stereocenters. The fourth-order valence-electron chi connectivity index (χ4n) is 1.58. The van der Waals surface area contributed by atoms with Crippen LogP contribution in [-0.2, 0) is 4.74 Å². The zero-order valence-corrected chi connectivity index (χ0v) is 13.0. The van der Waals surface area contributed by atoms with Gasteiger partial charge in [-0.2, -0.15) is 5.26 Å². The van der Waals surface area contributed by atoms with Gasteiger partial charge in [-0.15, -0.1) is 0 Å². The van der Waals surface area contributed by atoms with Crippen LogP contribution in [0.1, 0.15) is 15.9 Å². The van der Waals surface area contributed by atoms with Gasteiger partial charge >= 0.3 is 5.97 Å². The van der Waals surface area contributed by atoms with Gasteiger partial charge in [-0.3, -0.25) is 0 Å². The first-order valence-electron chi connectivity index (χ1n) is 5.70. The molecule has 20 heavy (non-hydrogen) atoms. The van der Waals surface area contributed by atoms with E-state index in [9.17, 15) is 10.1 Å². The van der Waals surface area contributed by atoms with E-state index >= 15 is 0 Å². The van der Waals surface area contributed by atoms with Crippen LogP contribution in [0, 0.1) is 11.3 Å². The normalized spacial score (nSPS) is 9.85. The predicted molar refractivity (Wildman–Crippen MR) is 80.8 cm³/mol. The summed E-state index contributed by atoms with van der Waals surface area (Å²) in [5, 5.41) is 9.20. The van der Waals surface area contributed by atoms with Gasteiger partial charge in [0.25, 0.3) is 0 Å². The molecule has 0 spiro atoms. The number of nitrogens with zero attached hydrogens (tertiary/aromatic N) is 1. The highest BCUT2D eigenvalue weighted by Gasteiger charge is 2.10. The monoisotopic (exact) mass is 347 g/mol. The standard InChI is InChI=1S/C15H10BrNO2S/c1-19-15(18)10-2-7-14(11(8-10)9-17)20-13-5-3-12(16)4-6-13/h2-8H,1H3. The summed E-state index contributed by atoms with van der Waals surface area (Å²) in [5.74, 6) is -0.443. The van der Waals surface area contributed by atoms with Crippen LogP contribution < -0.4 is 0 Å². The molecular weight excluding hydrogens is 338 g/mol. The molecule has 0 radical (unpaired) electrons. The van der Waals surface area contributed by atoms with Crippen molar-refractivity contribution in [3.8, 4) is 6.07 Å². The molecule has 0 aliphatic carbocycles. The molecule has 100 valence electrons. The Hall–Kier alpha value is -1.77. The van der Waals surface area contributed by atoms with Crippen LogP contribution in [0.2, 0.25) is 0 Å². The number of carbonyl (C=O) groups is 1. The maximum absolute atomic E-state index is 11.4. The lowest BCUT2D eigenvalue weighted by Crippen LogP contribution is -2.01. The highest BCUT2D eigenvalue weighted by molar-refractivity contribution is 9.10. The molecule has 0 saturated heterocycles. The Bertz CT molecular complexity index is 677. The van der Waals surface area contributed by atoms with Gasteiger partial charge < -0.3 is 4.74 Å². The Kier molecular flexibility index (Phi) is 4.83. The van der Waals surface area contributed by atoms with Crippen molar-refractivity contribution in [2.45, 2.75) is 9.79 Å². The number of nitriles is 1. The number of benzene rings is 2. The molecule has 2 rings (SSSR count). The molecule has 0 heterocycles. The molecule has 5 heteroatoms. The highest BCUT2D eigenvalue weighted by atomic mass is 79.9. The SMILES string of the molecule is COC(=O)c1ccc(Sc2ccc(Br)cc2)c(C#N)c1. The third-order valence-electron chi connectivity index (χ3n) is 2.56. The Labute approximate surface area is 129 Å². The molecular formula is C15H10BrNO2S. The molecule has 2 aromatic rings. The van der Waals surface area contributed by atoms with E-state index in [2.05, 4.69) is 26.7 Å². The number of methoxy groups -OCH3 is 1. The van der Waals surface area contributed by atoms with Crippen LogP contribution in [-0.4, -0.2) is 13.1 Å². The summed E-state index contributed by atoms with van der Waals surface area (Å²) in [7, 11) is 1.32. The number of esters is 1. The van der Waals surface area contributed by atoms with Crippen LogP contribution in [0.25, 0.3) is 0 Å². The zero-order chi connectivity index (χ0) is 14.5. The van der Waals surface area contributed by atoms with E-state index in [4.69, 9.17) is 0 Å². The summed E-state index contributed by atoms with van der Waals surface area (Å²) < 4.78 is 5.65. The smallest absolute Gasteiger partial charge is 0.337 e. The second kappa shape index (κ2) is 6.60. The summed E-state index contributed by atoms with van der Waals surface area (Å²) in [6.07, 6.45) is 0. The summed E-state index contributed by atoms with van der Waals surface area (Å²) in [4.78, 5) is 13.3. The second-order valence-electron chi connectivity index (χ2n) is 3.87. The fraction of sp³-hybridized carbons (Fsp3) is 0.0667. The van der Waals surface area contributed by atoms with Crippen molar-refractivity contribution < 1.29 is 9.53 Å². The van der Waals surface area contributed by atoms with E-state index in [1.165, 1.54) is 18.9 Å². The first-order valence-corrected chi connectivity index (χ1v) is 7.31. The third kappa shape index (κ3) is 3.41. The Morgan fingerprint density at radius 2 is 1.95 bits per heavy atom. The molecule has 0 unspecified atom stereocenters. The summed E-state index contributed by atoms with van der Waals surface area (Å²) in [6.45, 7) is 0. The van der Waals surface area contributed by atoms with E-state index in [1.807, 2.05) is 24.3 Å². The summed E-state index contributed by atoms with van der Waals surface area (Å²) >= 11 is 4.86. The van der Waals surface area contributed by atoms with Gasteiger partial charge in [0.15, 0.2) is 0 Å². The number of ether oxygens (including phenoxy) is 1. The minimum absolute atomic E-state index is 0.379. The summed E-state index contributed by atoms with van der Waals surface area (Å²) in [6, 6.07) is 14.9. The summed E-state index contributed by atoms with van der Waals surface area (Å²) in [5.41, 5.74) is 0.838. The maximum Gasteiger partial charge on any atom is 0.337 e. The van der Waals surface area contributed by atoms with Crippen molar-refractivity contribution in [3.05, 3.63) is 58.1 Å². The molecule has 2 aromatic carbocycles. The van der Waals surface area contributed by atoms with Crippen LogP contribution in [0.3, 0.4) is 0 Å². The van der Waals surface area contributed by atoms with Crippen molar-refractivity contribution in [2.24, 2.45) is 0 Å². The average molecular weight is 348 g/mol. The quantitative estimate of drug-likeness (QED) is 0.778. The number of carbonyl (C=O) groups excluding carboxylic acids is 1. The predicted octanol–water partition coefficient (Wildman–Crippen LogP) is 4.26. The van der Waals surface area contributed by atoms with Gasteiger partial charge in [-0.25, -0.2) is 4.79 Å². The van der Waals surface area contributed by atoms with E-state index in [1.54, 1.807) is 18.2 Å². The lowest BCUT2D eigenvalue weighted by atomic mass is 10.1. The Balaban J connectivity index is 2.30. The highest BCUT2D eigenvalue weighted by Crippen LogP contribution is 2.31. The molecule has 0 aliphatic rings. The molecule has 0 aliphatic heterocycles. The average Bonchev–Trinajstić information content (AvgIpc) is 2.49. The zero-order valence-electron chi connectivity index (χ0n) is 10.6. The lowest BCUT2D eigenvalue weighted by Gasteiger charge is -2.06. The van der Waals surface area contributed by atoms with Crippen molar-refractivity contribution in [1.82, 2.24) is 0 Å². The van der Waals surface area contributed by atoms with E-state index in [-0.39, 0.29) is 0 Å². The van der Waals surface area contributed by atoms with Gasteiger partial charge in [0.1, 0.15) is 6.07 Å². The van der Waals surface area contributed by atoms with Gasteiger partial charge in [-0.05, 0) is 42.5 Å². The second-order valence-corrected chi connectivity index (χ2v) is 5.90. The van der Waals surface area contributed by atoms with Gasteiger partial charge in [-0.1, -0.05) is 27.7 Å². The maximum atomic E-state index is 11.4. The molecule has 0 aromatic heterocycles.